The Hall–Kier alpha value is -2.95. The maximum atomic E-state index is 10.6. The fourth-order valence-electron chi connectivity index (χ4n) is 2.20. The monoisotopic (exact) mass is 293 g/mol. The molecule has 0 aliphatic rings. The van der Waals surface area contributed by atoms with Crippen molar-refractivity contribution in [2.75, 3.05) is 5.32 Å². The first-order chi connectivity index (χ1) is 10.6. The lowest BCUT2D eigenvalue weighted by Crippen LogP contribution is -1.99. The highest BCUT2D eigenvalue weighted by Gasteiger charge is 2.05. The Labute approximate surface area is 128 Å². The van der Waals surface area contributed by atoms with Gasteiger partial charge in [-0.1, -0.05) is 0 Å². The minimum atomic E-state index is 0.320. The van der Waals surface area contributed by atoms with Crippen LogP contribution in [0.25, 0.3) is 11.3 Å². The summed E-state index contributed by atoms with van der Waals surface area (Å²) in [6, 6.07) is 13.0. The number of carbonyl (C=O) groups excluding carboxylic acids is 1. The molecule has 1 N–H and O–H groups in total. The third-order valence-electron chi connectivity index (χ3n) is 3.15. The van der Waals surface area contributed by atoms with E-state index in [0.717, 1.165) is 22.6 Å². The average molecular weight is 293 g/mol. The van der Waals surface area contributed by atoms with Crippen LogP contribution >= 0.6 is 0 Å². The Morgan fingerprint density at radius 2 is 1.68 bits per heavy atom. The van der Waals surface area contributed by atoms with Crippen LogP contribution in [-0.2, 0) is 0 Å². The topological polar surface area (TPSA) is 68.0 Å². The number of hydrogen-bond acceptors (Lipinski definition) is 5. The van der Waals surface area contributed by atoms with E-state index in [0.29, 0.717) is 23.8 Å². The molecule has 2 heterocycles. The van der Waals surface area contributed by atoms with E-state index >= 15 is 0 Å². The zero-order valence-electron chi connectivity index (χ0n) is 12.3. The van der Waals surface area contributed by atoms with Gasteiger partial charge in [-0.2, -0.15) is 0 Å². The molecule has 0 bridgehead atoms. The minimum absolute atomic E-state index is 0.320. The van der Waals surface area contributed by atoms with Crippen LogP contribution < -0.4 is 5.32 Å². The summed E-state index contributed by atoms with van der Waals surface area (Å²) in [7, 11) is 0. The third-order valence-corrected chi connectivity index (χ3v) is 3.15. The van der Waals surface area contributed by atoms with Gasteiger partial charge in [-0.15, -0.1) is 0 Å². The molecule has 3 aromatic rings. The molecule has 5 heteroatoms. The number of nitrogens with one attached hydrogen (secondary N) is 1. The van der Waals surface area contributed by atoms with Crippen molar-refractivity contribution in [1.82, 2.24) is 9.97 Å². The molecule has 110 valence electrons. The lowest BCUT2D eigenvalue weighted by molar-refractivity contribution is 0.110. The van der Waals surface area contributed by atoms with Crippen molar-refractivity contribution in [1.29, 1.82) is 0 Å². The van der Waals surface area contributed by atoms with Crippen molar-refractivity contribution in [3.05, 3.63) is 59.6 Å². The molecule has 5 nitrogen and oxygen atoms in total. The van der Waals surface area contributed by atoms with Crippen molar-refractivity contribution in [3.8, 4) is 11.3 Å². The Kier molecular flexibility index (Phi) is 3.70. The highest BCUT2D eigenvalue weighted by atomic mass is 16.3. The SMILES string of the molecule is Cc1cc(C)nc(Nc2ccc(-c3ccc(C=O)o3)cc2)n1. The Morgan fingerprint density at radius 3 is 2.27 bits per heavy atom. The van der Waals surface area contributed by atoms with Gasteiger partial charge in [0.15, 0.2) is 12.0 Å². The molecule has 0 unspecified atom stereocenters. The number of aromatic nitrogens is 2. The van der Waals surface area contributed by atoms with E-state index in [2.05, 4.69) is 15.3 Å². The molecule has 0 saturated carbocycles. The molecule has 0 atom stereocenters. The molecular weight excluding hydrogens is 278 g/mol. The summed E-state index contributed by atoms with van der Waals surface area (Å²) in [6.07, 6.45) is 0.691. The number of benzene rings is 1. The summed E-state index contributed by atoms with van der Waals surface area (Å²) in [4.78, 5) is 19.3. The molecular formula is C17H15N3O2. The second kappa shape index (κ2) is 5.81. The number of aldehydes is 1. The predicted octanol–water partition coefficient (Wildman–Crippen LogP) is 3.91. The smallest absolute Gasteiger partial charge is 0.227 e. The second-order valence-corrected chi connectivity index (χ2v) is 5.00. The van der Waals surface area contributed by atoms with Crippen LogP contribution in [0.1, 0.15) is 21.9 Å². The van der Waals surface area contributed by atoms with Crippen molar-refractivity contribution in [3.63, 3.8) is 0 Å². The van der Waals surface area contributed by atoms with Gasteiger partial charge in [0.25, 0.3) is 0 Å². The van der Waals surface area contributed by atoms with E-state index in [1.54, 1.807) is 12.1 Å². The summed E-state index contributed by atoms with van der Waals surface area (Å²) < 4.78 is 5.40. The highest BCUT2D eigenvalue weighted by molar-refractivity contribution is 5.73. The molecule has 22 heavy (non-hydrogen) atoms. The van der Waals surface area contributed by atoms with Crippen LogP contribution in [0.15, 0.2) is 46.9 Å². The number of furan rings is 1. The van der Waals surface area contributed by atoms with Crippen molar-refractivity contribution < 1.29 is 9.21 Å². The molecule has 0 amide bonds. The number of carbonyl (C=O) groups is 1. The largest absolute Gasteiger partial charge is 0.453 e. The van der Waals surface area contributed by atoms with Crippen LogP contribution in [-0.4, -0.2) is 16.3 Å². The molecule has 1 aromatic carbocycles. The number of aryl methyl sites for hydroxylation is 2. The van der Waals surface area contributed by atoms with Gasteiger partial charge < -0.3 is 9.73 Å². The summed E-state index contributed by atoms with van der Waals surface area (Å²) in [5.41, 5.74) is 3.63. The number of rotatable bonds is 4. The lowest BCUT2D eigenvalue weighted by atomic mass is 10.1. The first-order valence-corrected chi connectivity index (χ1v) is 6.89. The van der Waals surface area contributed by atoms with Gasteiger partial charge in [-0.25, -0.2) is 9.97 Å². The molecule has 0 aliphatic carbocycles. The Balaban J connectivity index is 1.80. The average Bonchev–Trinajstić information content (AvgIpc) is 2.96. The van der Waals surface area contributed by atoms with Crippen LogP contribution in [0, 0.1) is 13.8 Å². The molecule has 0 fully saturated rings. The quantitative estimate of drug-likeness (QED) is 0.739. The Morgan fingerprint density at radius 1 is 1.00 bits per heavy atom. The molecule has 0 radical (unpaired) electrons. The van der Waals surface area contributed by atoms with Crippen molar-refractivity contribution in [2.24, 2.45) is 0 Å². The van der Waals surface area contributed by atoms with E-state index in [-0.39, 0.29) is 0 Å². The molecule has 0 aliphatic heterocycles. The summed E-state index contributed by atoms with van der Waals surface area (Å²) in [6.45, 7) is 3.87. The van der Waals surface area contributed by atoms with Crippen LogP contribution in [0.5, 0.6) is 0 Å². The number of anilines is 2. The maximum Gasteiger partial charge on any atom is 0.227 e. The number of nitrogens with zero attached hydrogens (tertiary/aromatic N) is 2. The summed E-state index contributed by atoms with van der Waals surface area (Å²) >= 11 is 0. The van der Waals surface area contributed by atoms with Crippen LogP contribution in [0.3, 0.4) is 0 Å². The fourth-order valence-corrected chi connectivity index (χ4v) is 2.20. The van der Waals surface area contributed by atoms with E-state index in [4.69, 9.17) is 4.42 Å². The number of hydrogen-bond donors (Lipinski definition) is 1. The molecule has 2 aromatic heterocycles. The van der Waals surface area contributed by atoms with Gasteiger partial charge in [-0.05, 0) is 56.3 Å². The third kappa shape index (κ3) is 3.03. The van der Waals surface area contributed by atoms with Crippen molar-refractivity contribution >= 4 is 17.9 Å². The predicted molar refractivity (Wildman–Crippen MR) is 84.3 cm³/mol. The normalized spacial score (nSPS) is 10.5. The highest BCUT2D eigenvalue weighted by Crippen LogP contribution is 2.24. The van der Waals surface area contributed by atoms with Gasteiger partial charge in [0.05, 0.1) is 0 Å². The van der Waals surface area contributed by atoms with Crippen LogP contribution in [0.4, 0.5) is 11.6 Å². The Bertz CT molecular complexity index is 787. The first-order valence-electron chi connectivity index (χ1n) is 6.89. The van der Waals surface area contributed by atoms with E-state index in [9.17, 15) is 4.79 Å². The van der Waals surface area contributed by atoms with Gasteiger partial charge in [-0.3, -0.25) is 4.79 Å². The van der Waals surface area contributed by atoms with Crippen molar-refractivity contribution in [2.45, 2.75) is 13.8 Å². The zero-order valence-corrected chi connectivity index (χ0v) is 12.3. The van der Waals surface area contributed by atoms with E-state index in [1.807, 2.05) is 44.2 Å². The van der Waals surface area contributed by atoms with Gasteiger partial charge in [0, 0.05) is 22.6 Å². The standard InChI is InChI=1S/C17H15N3O2/c1-11-9-12(2)19-17(18-11)20-14-5-3-13(4-6-14)16-8-7-15(10-21)22-16/h3-10H,1-2H3,(H,18,19,20). The summed E-state index contributed by atoms with van der Waals surface area (Å²) in [5, 5.41) is 3.17. The molecule has 3 rings (SSSR count). The minimum Gasteiger partial charge on any atom is -0.453 e. The molecule has 0 spiro atoms. The lowest BCUT2D eigenvalue weighted by Gasteiger charge is -2.07. The summed E-state index contributed by atoms with van der Waals surface area (Å²) in [5.74, 6) is 1.56. The van der Waals surface area contributed by atoms with Crippen LogP contribution in [0.2, 0.25) is 0 Å². The first kappa shape index (κ1) is 14.0. The van der Waals surface area contributed by atoms with E-state index in [1.165, 1.54) is 0 Å². The van der Waals surface area contributed by atoms with E-state index < -0.39 is 0 Å². The second-order valence-electron chi connectivity index (χ2n) is 5.00. The molecule has 0 saturated heterocycles. The maximum absolute atomic E-state index is 10.6. The fraction of sp³-hybridized carbons (Fsp3) is 0.118. The van der Waals surface area contributed by atoms with Gasteiger partial charge in [0.1, 0.15) is 5.76 Å². The van der Waals surface area contributed by atoms with Gasteiger partial charge in [0.2, 0.25) is 5.95 Å². The van der Waals surface area contributed by atoms with Gasteiger partial charge >= 0.3 is 0 Å². The zero-order chi connectivity index (χ0) is 15.5.